The summed E-state index contributed by atoms with van der Waals surface area (Å²) in [6, 6.07) is 3.88. The molecule has 1 fully saturated rings. The summed E-state index contributed by atoms with van der Waals surface area (Å²) in [5.74, 6) is 1.76. The molecule has 2 atom stereocenters. The molecule has 1 saturated carbocycles. The first-order valence-corrected chi connectivity index (χ1v) is 9.94. The highest BCUT2D eigenvalue weighted by Crippen LogP contribution is 2.36. The van der Waals surface area contributed by atoms with E-state index in [1.807, 2.05) is 19.1 Å². The maximum Gasteiger partial charge on any atom is 0.191 e. The molecule has 0 amide bonds. The molecule has 1 heterocycles. The van der Waals surface area contributed by atoms with Crippen molar-refractivity contribution < 1.29 is 14.3 Å². The molecule has 1 aliphatic rings. The molecule has 1 aromatic heterocycles. The van der Waals surface area contributed by atoms with Crippen LogP contribution in [0.2, 0.25) is 0 Å². The van der Waals surface area contributed by atoms with Crippen LogP contribution in [0.1, 0.15) is 51.7 Å². The van der Waals surface area contributed by atoms with E-state index in [1.165, 1.54) is 6.42 Å². The minimum atomic E-state index is -0.262. The zero-order valence-electron chi connectivity index (χ0n) is 16.3. The molecule has 0 spiro atoms. The van der Waals surface area contributed by atoms with E-state index in [0.717, 1.165) is 70.1 Å². The normalized spacial score (nSPS) is 23.8. The molecule has 3 N–H and O–H groups in total. The molecule has 148 valence electrons. The van der Waals surface area contributed by atoms with Gasteiger partial charge < -0.3 is 24.9 Å². The number of ether oxygens (including phenoxy) is 1. The average molecular weight is 366 g/mol. The number of rotatable bonds is 10. The van der Waals surface area contributed by atoms with Crippen LogP contribution in [-0.4, -0.2) is 50.0 Å². The number of nitrogens with one attached hydrogen (secondary N) is 2. The molecule has 2 rings (SSSR count). The smallest absolute Gasteiger partial charge is 0.191 e. The molecule has 1 aliphatic carbocycles. The van der Waals surface area contributed by atoms with Gasteiger partial charge in [-0.25, -0.2) is 0 Å². The van der Waals surface area contributed by atoms with E-state index in [1.54, 1.807) is 6.26 Å². The molecular formula is C20H35N3O3. The lowest BCUT2D eigenvalue weighted by atomic mass is 9.73. The first-order valence-electron chi connectivity index (χ1n) is 9.94. The summed E-state index contributed by atoms with van der Waals surface area (Å²) < 4.78 is 10.8. The van der Waals surface area contributed by atoms with Crippen molar-refractivity contribution in [3.05, 3.63) is 24.2 Å². The summed E-state index contributed by atoms with van der Waals surface area (Å²) in [7, 11) is 0. The van der Waals surface area contributed by atoms with Crippen LogP contribution in [0.3, 0.4) is 0 Å². The Morgan fingerprint density at radius 3 is 2.96 bits per heavy atom. The Labute approximate surface area is 157 Å². The van der Waals surface area contributed by atoms with Gasteiger partial charge in [0.2, 0.25) is 0 Å². The van der Waals surface area contributed by atoms with Crippen LogP contribution in [0, 0.1) is 5.41 Å². The molecule has 0 aliphatic heterocycles. The van der Waals surface area contributed by atoms with Gasteiger partial charge in [0.25, 0.3) is 0 Å². The topological polar surface area (TPSA) is 79.0 Å². The molecule has 2 unspecified atom stereocenters. The van der Waals surface area contributed by atoms with Gasteiger partial charge in [0.1, 0.15) is 5.76 Å². The van der Waals surface area contributed by atoms with Crippen molar-refractivity contribution in [3.63, 3.8) is 0 Å². The fourth-order valence-corrected chi connectivity index (χ4v) is 3.28. The Kier molecular flexibility index (Phi) is 8.98. The fourth-order valence-electron chi connectivity index (χ4n) is 3.28. The van der Waals surface area contributed by atoms with E-state index in [9.17, 15) is 5.11 Å². The molecule has 0 saturated heterocycles. The molecule has 0 bridgehead atoms. The van der Waals surface area contributed by atoms with E-state index < -0.39 is 0 Å². The summed E-state index contributed by atoms with van der Waals surface area (Å²) >= 11 is 0. The second kappa shape index (κ2) is 11.2. The highest BCUT2D eigenvalue weighted by molar-refractivity contribution is 5.79. The van der Waals surface area contributed by atoms with E-state index >= 15 is 0 Å². The number of nitrogens with zero attached hydrogens (tertiary/aromatic N) is 1. The summed E-state index contributed by atoms with van der Waals surface area (Å²) in [5, 5.41) is 17.1. The maximum absolute atomic E-state index is 10.4. The molecule has 6 nitrogen and oxygen atoms in total. The van der Waals surface area contributed by atoms with Gasteiger partial charge in [-0.3, -0.25) is 4.99 Å². The third-order valence-electron chi connectivity index (χ3n) is 5.08. The number of hydrogen-bond donors (Lipinski definition) is 3. The summed E-state index contributed by atoms with van der Waals surface area (Å²) in [4.78, 5) is 4.77. The molecule has 6 heteroatoms. The Hall–Kier alpha value is -1.53. The Bertz CT molecular complexity index is 518. The highest BCUT2D eigenvalue weighted by atomic mass is 16.5. The van der Waals surface area contributed by atoms with Gasteiger partial charge in [0, 0.05) is 38.1 Å². The fraction of sp³-hybridized carbons (Fsp3) is 0.750. The largest absolute Gasteiger partial charge is 0.469 e. The van der Waals surface area contributed by atoms with Crippen LogP contribution in [0.4, 0.5) is 0 Å². The van der Waals surface area contributed by atoms with Gasteiger partial charge in [-0.2, -0.15) is 0 Å². The summed E-state index contributed by atoms with van der Waals surface area (Å²) in [6.45, 7) is 7.85. The van der Waals surface area contributed by atoms with Crippen LogP contribution in [0.25, 0.3) is 0 Å². The zero-order chi connectivity index (χ0) is 18.7. The predicted octanol–water partition coefficient (Wildman–Crippen LogP) is 2.73. The number of guanidine groups is 1. The minimum Gasteiger partial charge on any atom is -0.469 e. The van der Waals surface area contributed by atoms with Crippen LogP contribution in [-0.2, 0) is 11.2 Å². The summed E-state index contributed by atoms with van der Waals surface area (Å²) in [6.07, 6.45) is 7.39. The Morgan fingerprint density at radius 1 is 1.38 bits per heavy atom. The van der Waals surface area contributed by atoms with Crippen molar-refractivity contribution in [1.29, 1.82) is 0 Å². The van der Waals surface area contributed by atoms with E-state index in [0.29, 0.717) is 6.54 Å². The van der Waals surface area contributed by atoms with Crippen molar-refractivity contribution in [2.24, 2.45) is 10.4 Å². The van der Waals surface area contributed by atoms with Crippen molar-refractivity contribution >= 4 is 5.96 Å². The lowest BCUT2D eigenvalue weighted by Gasteiger charge is -2.37. The quantitative estimate of drug-likeness (QED) is 0.338. The van der Waals surface area contributed by atoms with Crippen molar-refractivity contribution in [1.82, 2.24) is 10.6 Å². The Morgan fingerprint density at radius 2 is 2.23 bits per heavy atom. The molecule has 0 aromatic carbocycles. The van der Waals surface area contributed by atoms with Gasteiger partial charge in [0.15, 0.2) is 5.96 Å². The second-order valence-corrected chi connectivity index (χ2v) is 7.31. The molecule has 0 radical (unpaired) electrons. The van der Waals surface area contributed by atoms with Crippen molar-refractivity contribution in [3.8, 4) is 0 Å². The lowest BCUT2D eigenvalue weighted by molar-refractivity contribution is 0.00716. The SMILES string of the molecule is CCOCCCNC(=NCC1(C)CCCCC1O)NCCc1ccco1. The van der Waals surface area contributed by atoms with Crippen LogP contribution in [0.15, 0.2) is 27.8 Å². The second-order valence-electron chi connectivity index (χ2n) is 7.31. The first kappa shape index (κ1) is 20.8. The molecular weight excluding hydrogens is 330 g/mol. The average Bonchev–Trinajstić information content (AvgIpc) is 3.15. The number of aliphatic hydroxyl groups excluding tert-OH is 1. The summed E-state index contributed by atoms with van der Waals surface area (Å²) in [5.41, 5.74) is -0.126. The maximum atomic E-state index is 10.4. The van der Waals surface area contributed by atoms with E-state index in [-0.39, 0.29) is 11.5 Å². The van der Waals surface area contributed by atoms with Crippen LogP contribution < -0.4 is 10.6 Å². The zero-order valence-corrected chi connectivity index (χ0v) is 16.3. The lowest BCUT2D eigenvalue weighted by Crippen LogP contribution is -2.42. The van der Waals surface area contributed by atoms with Crippen molar-refractivity contribution in [2.75, 3.05) is 32.8 Å². The molecule has 1 aromatic rings. The first-order chi connectivity index (χ1) is 12.6. The van der Waals surface area contributed by atoms with Gasteiger partial charge in [0.05, 0.1) is 18.9 Å². The van der Waals surface area contributed by atoms with E-state index in [4.69, 9.17) is 14.1 Å². The highest BCUT2D eigenvalue weighted by Gasteiger charge is 2.35. The molecule has 26 heavy (non-hydrogen) atoms. The van der Waals surface area contributed by atoms with Crippen LogP contribution in [0.5, 0.6) is 0 Å². The van der Waals surface area contributed by atoms with Crippen LogP contribution >= 0.6 is 0 Å². The van der Waals surface area contributed by atoms with Gasteiger partial charge in [-0.1, -0.05) is 19.8 Å². The third kappa shape index (κ3) is 7.00. The Balaban J connectivity index is 1.85. The monoisotopic (exact) mass is 365 g/mol. The standard InChI is InChI=1S/C20H35N3O3/c1-3-25-14-7-12-21-19(22-13-10-17-8-6-15-26-17)23-16-20(2)11-5-4-9-18(20)24/h6,8,15,18,24H,3-5,7,9-14,16H2,1-2H3,(H2,21,22,23). The van der Waals surface area contributed by atoms with Gasteiger partial charge in [-0.15, -0.1) is 0 Å². The van der Waals surface area contributed by atoms with Gasteiger partial charge in [-0.05, 0) is 38.3 Å². The van der Waals surface area contributed by atoms with Crippen molar-refractivity contribution in [2.45, 2.75) is 58.5 Å². The number of furan rings is 1. The number of aliphatic hydroxyl groups is 1. The predicted molar refractivity (Wildman–Crippen MR) is 104 cm³/mol. The van der Waals surface area contributed by atoms with E-state index in [2.05, 4.69) is 17.6 Å². The minimum absolute atomic E-state index is 0.126. The third-order valence-corrected chi connectivity index (χ3v) is 5.08. The number of hydrogen-bond acceptors (Lipinski definition) is 4. The number of aliphatic imine (C=N–C) groups is 1. The van der Waals surface area contributed by atoms with Gasteiger partial charge >= 0.3 is 0 Å².